The summed E-state index contributed by atoms with van der Waals surface area (Å²) in [6.07, 6.45) is 0.596. The molecule has 1 fully saturated rings. The molecule has 1 aliphatic carbocycles. The minimum absolute atomic E-state index is 0.237. The fraction of sp³-hybridized carbons (Fsp3) is 0.900. The summed E-state index contributed by atoms with van der Waals surface area (Å²) < 4.78 is 31.5. The van der Waals surface area contributed by atoms with Crippen LogP contribution in [0.2, 0.25) is 0 Å². The van der Waals surface area contributed by atoms with Gasteiger partial charge in [-0.25, -0.2) is 9.52 Å². The fourth-order valence-corrected chi connectivity index (χ4v) is 2.73. The third-order valence-electron chi connectivity index (χ3n) is 2.81. The summed E-state index contributed by atoms with van der Waals surface area (Å²) in [5, 5.41) is 0. The largest absolute Gasteiger partial charge is 0.446 e. The summed E-state index contributed by atoms with van der Waals surface area (Å²) in [5.74, 6) is 0.290. The van der Waals surface area contributed by atoms with Crippen molar-refractivity contribution in [1.29, 1.82) is 0 Å². The van der Waals surface area contributed by atoms with E-state index in [2.05, 4.69) is 0 Å². The zero-order valence-electron chi connectivity index (χ0n) is 10.9. The van der Waals surface area contributed by atoms with Gasteiger partial charge in [-0.1, -0.05) is 0 Å². The topological polar surface area (TPSA) is 102 Å². The third kappa shape index (κ3) is 4.11. The van der Waals surface area contributed by atoms with Crippen molar-refractivity contribution in [1.82, 2.24) is 9.03 Å². The van der Waals surface area contributed by atoms with E-state index >= 15 is 0 Å². The van der Waals surface area contributed by atoms with Gasteiger partial charge in [-0.3, -0.25) is 0 Å². The molecular weight excluding hydrogens is 258 g/mol. The SMILES string of the molecule is CC(C)OC(=O)NS(=O)(=O)N(C)C(CN)C1CC1. The number of nitrogens with two attached hydrogens (primary N) is 1. The van der Waals surface area contributed by atoms with Crippen LogP contribution in [0, 0.1) is 5.92 Å². The lowest BCUT2D eigenvalue weighted by Crippen LogP contribution is -2.50. The Balaban J connectivity index is 2.64. The quantitative estimate of drug-likeness (QED) is 0.714. The van der Waals surface area contributed by atoms with Gasteiger partial charge in [-0.05, 0) is 32.6 Å². The van der Waals surface area contributed by atoms with Gasteiger partial charge in [0.15, 0.2) is 0 Å². The molecule has 0 heterocycles. The summed E-state index contributed by atoms with van der Waals surface area (Å²) >= 11 is 0. The van der Waals surface area contributed by atoms with Gasteiger partial charge in [-0.15, -0.1) is 0 Å². The molecule has 1 amide bonds. The monoisotopic (exact) mass is 279 g/mol. The van der Waals surface area contributed by atoms with Crippen molar-refractivity contribution < 1.29 is 17.9 Å². The van der Waals surface area contributed by atoms with Crippen molar-refractivity contribution in [2.75, 3.05) is 13.6 Å². The van der Waals surface area contributed by atoms with Crippen LogP contribution < -0.4 is 10.5 Å². The number of hydrogen-bond donors (Lipinski definition) is 2. The van der Waals surface area contributed by atoms with E-state index in [0.717, 1.165) is 17.1 Å². The summed E-state index contributed by atoms with van der Waals surface area (Å²) in [6.45, 7) is 3.52. The van der Waals surface area contributed by atoms with Crippen LogP contribution in [0.15, 0.2) is 0 Å². The molecule has 1 atom stereocenters. The van der Waals surface area contributed by atoms with Crippen LogP contribution in [0.3, 0.4) is 0 Å². The Labute approximate surface area is 108 Å². The number of ether oxygens (including phenoxy) is 1. The number of carbonyl (C=O) groups excluding carboxylic acids is 1. The van der Waals surface area contributed by atoms with Crippen LogP contribution in [-0.4, -0.2) is 44.6 Å². The van der Waals surface area contributed by atoms with E-state index in [4.69, 9.17) is 10.5 Å². The van der Waals surface area contributed by atoms with Crippen LogP contribution in [-0.2, 0) is 14.9 Å². The van der Waals surface area contributed by atoms with Crippen LogP contribution in [0.1, 0.15) is 26.7 Å². The molecule has 3 N–H and O–H groups in total. The zero-order valence-corrected chi connectivity index (χ0v) is 11.7. The number of nitrogens with zero attached hydrogens (tertiary/aromatic N) is 1. The Morgan fingerprint density at radius 3 is 2.44 bits per heavy atom. The molecule has 8 heteroatoms. The number of nitrogens with one attached hydrogen (secondary N) is 1. The number of carbonyl (C=O) groups is 1. The summed E-state index contributed by atoms with van der Waals surface area (Å²) in [6, 6.07) is -0.269. The molecule has 1 rings (SSSR count). The molecule has 106 valence electrons. The maximum absolute atomic E-state index is 11.9. The molecule has 1 unspecified atom stereocenters. The lowest BCUT2D eigenvalue weighted by molar-refractivity contribution is 0.121. The third-order valence-corrected chi connectivity index (χ3v) is 4.26. The molecule has 0 saturated heterocycles. The van der Waals surface area contributed by atoms with E-state index in [9.17, 15) is 13.2 Å². The fourth-order valence-electron chi connectivity index (χ4n) is 1.71. The van der Waals surface area contributed by atoms with E-state index in [1.54, 1.807) is 13.8 Å². The van der Waals surface area contributed by atoms with Crippen molar-refractivity contribution >= 4 is 16.3 Å². The first-order valence-corrected chi connectivity index (χ1v) is 7.38. The second kappa shape index (κ2) is 5.85. The standard InChI is InChI=1S/C10H21N3O4S/c1-7(2)17-10(14)12-18(15,16)13(3)9(6-11)8-4-5-8/h7-9H,4-6,11H2,1-3H3,(H,12,14). The maximum Gasteiger partial charge on any atom is 0.422 e. The van der Waals surface area contributed by atoms with E-state index < -0.39 is 16.3 Å². The van der Waals surface area contributed by atoms with Crippen molar-refractivity contribution in [3.63, 3.8) is 0 Å². The molecule has 0 bridgehead atoms. The second-order valence-corrected chi connectivity index (χ2v) is 6.45. The highest BCUT2D eigenvalue weighted by molar-refractivity contribution is 7.87. The van der Waals surface area contributed by atoms with Crippen LogP contribution in [0.5, 0.6) is 0 Å². The predicted octanol–water partition coefficient (Wildman–Crippen LogP) is 0.0349. The summed E-state index contributed by atoms with van der Waals surface area (Å²) in [5.41, 5.74) is 5.57. The highest BCUT2D eigenvalue weighted by atomic mass is 32.2. The van der Waals surface area contributed by atoms with Gasteiger partial charge in [0.05, 0.1) is 6.10 Å². The lowest BCUT2D eigenvalue weighted by atomic mass is 10.2. The van der Waals surface area contributed by atoms with Crippen LogP contribution in [0.25, 0.3) is 0 Å². The van der Waals surface area contributed by atoms with E-state index in [1.165, 1.54) is 7.05 Å². The number of amides is 1. The van der Waals surface area contributed by atoms with Gasteiger partial charge < -0.3 is 10.5 Å². The smallest absolute Gasteiger partial charge is 0.422 e. The van der Waals surface area contributed by atoms with Gasteiger partial charge in [0, 0.05) is 19.6 Å². The average molecular weight is 279 g/mol. The van der Waals surface area contributed by atoms with E-state index in [1.807, 2.05) is 4.72 Å². The molecule has 1 aliphatic rings. The number of hydrogen-bond acceptors (Lipinski definition) is 5. The van der Waals surface area contributed by atoms with Crippen molar-refractivity contribution in [2.24, 2.45) is 11.7 Å². The van der Waals surface area contributed by atoms with Gasteiger partial charge in [0.2, 0.25) is 0 Å². The average Bonchev–Trinajstić information content (AvgIpc) is 3.00. The highest BCUT2D eigenvalue weighted by Crippen LogP contribution is 2.35. The maximum atomic E-state index is 11.9. The molecule has 0 aromatic carbocycles. The molecular formula is C10H21N3O4S. The molecule has 7 nitrogen and oxygen atoms in total. The van der Waals surface area contributed by atoms with Crippen molar-refractivity contribution in [3.05, 3.63) is 0 Å². The molecule has 0 aromatic rings. The molecule has 0 aliphatic heterocycles. The van der Waals surface area contributed by atoms with Gasteiger partial charge in [0.25, 0.3) is 0 Å². The normalized spacial score (nSPS) is 17.9. The zero-order chi connectivity index (χ0) is 13.9. The van der Waals surface area contributed by atoms with E-state index in [-0.39, 0.29) is 24.6 Å². The predicted molar refractivity (Wildman–Crippen MR) is 67.0 cm³/mol. The first kappa shape index (κ1) is 15.2. The Morgan fingerprint density at radius 2 is 2.06 bits per heavy atom. The highest BCUT2D eigenvalue weighted by Gasteiger charge is 2.38. The first-order valence-electron chi connectivity index (χ1n) is 5.94. The molecule has 0 aromatic heterocycles. The molecule has 1 saturated carbocycles. The number of rotatable bonds is 6. The Hall–Kier alpha value is -0.860. The summed E-state index contributed by atoms with van der Waals surface area (Å²) in [7, 11) is -2.48. The molecule has 0 spiro atoms. The molecule has 0 radical (unpaired) electrons. The Kier molecular flexibility index (Phi) is 4.94. The Bertz CT molecular complexity index is 392. The minimum Gasteiger partial charge on any atom is -0.446 e. The van der Waals surface area contributed by atoms with E-state index in [0.29, 0.717) is 0 Å². The Morgan fingerprint density at radius 1 is 1.50 bits per heavy atom. The lowest BCUT2D eigenvalue weighted by Gasteiger charge is -2.26. The molecule has 18 heavy (non-hydrogen) atoms. The van der Waals surface area contributed by atoms with Crippen molar-refractivity contribution in [2.45, 2.75) is 38.8 Å². The van der Waals surface area contributed by atoms with Gasteiger partial charge in [-0.2, -0.15) is 12.7 Å². The van der Waals surface area contributed by atoms with Crippen LogP contribution in [0.4, 0.5) is 4.79 Å². The summed E-state index contributed by atoms with van der Waals surface area (Å²) in [4.78, 5) is 11.3. The minimum atomic E-state index is -3.89. The van der Waals surface area contributed by atoms with Crippen molar-refractivity contribution in [3.8, 4) is 0 Å². The van der Waals surface area contributed by atoms with Gasteiger partial charge in [0.1, 0.15) is 0 Å². The number of likely N-dealkylation sites (N-methyl/N-ethyl adjacent to an activating group) is 1. The first-order chi connectivity index (χ1) is 8.27. The second-order valence-electron chi connectivity index (χ2n) is 4.72. The van der Waals surface area contributed by atoms with Gasteiger partial charge >= 0.3 is 16.3 Å². The van der Waals surface area contributed by atoms with Crippen LogP contribution >= 0.6 is 0 Å².